The van der Waals surface area contributed by atoms with Crippen LogP contribution in [0.5, 0.6) is 0 Å². The van der Waals surface area contributed by atoms with Gasteiger partial charge < -0.3 is 10.4 Å². The fourth-order valence-corrected chi connectivity index (χ4v) is 1.69. The van der Waals surface area contributed by atoms with Gasteiger partial charge in [0.2, 0.25) is 0 Å². The molecular formula is C13H11F3N2O3. The highest BCUT2D eigenvalue weighted by Gasteiger charge is 2.64. The summed E-state index contributed by atoms with van der Waals surface area (Å²) in [6.45, 7) is 0. The van der Waals surface area contributed by atoms with E-state index in [0.29, 0.717) is 5.56 Å². The van der Waals surface area contributed by atoms with E-state index in [2.05, 4.69) is 4.98 Å². The van der Waals surface area contributed by atoms with Gasteiger partial charge >= 0.3 is 12.1 Å². The number of carbonyl (C=O) groups is 2. The molecule has 5 nitrogen and oxygen atoms in total. The van der Waals surface area contributed by atoms with Gasteiger partial charge in [-0.1, -0.05) is 6.07 Å². The molecule has 1 aromatic heterocycles. The predicted octanol–water partition coefficient (Wildman–Crippen LogP) is 2.00. The van der Waals surface area contributed by atoms with Crippen molar-refractivity contribution in [2.45, 2.75) is 24.6 Å². The fraction of sp³-hybridized carbons (Fsp3) is 0.308. The first-order valence-corrected chi connectivity index (χ1v) is 6.00. The Morgan fingerprint density at radius 1 is 1.33 bits per heavy atom. The van der Waals surface area contributed by atoms with Gasteiger partial charge in [0.05, 0.1) is 0 Å². The molecule has 0 radical (unpaired) electrons. The number of nitrogens with zero attached hydrogens (tertiary/aromatic N) is 1. The summed E-state index contributed by atoms with van der Waals surface area (Å²) in [5.74, 6) is -2.05. The molecule has 1 fully saturated rings. The highest BCUT2D eigenvalue weighted by molar-refractivity contribution is 5.93. The molecule has 2 N–H and O–H groups in total. The van der Waals surface area contributed by atoms with Crippen LogP contribution in [0.15, 0.2) is 24.4 Å². The normalized spacial score (nSPS) is 16.7. The van der Waals surface area contributed by atoms with E-state index in [1.807, 2.05) is 5.32 Å². The van der Waals surface area contributed by atoms with Gasteiger partial charge in [-0.25, -0.2) is 4.79 Å². The highest BCUT2D eigenvalue weighted by Crippen LogP contribution is 2.48. The lowest BCUT2D eigenvalue weighted by Crippen LogP contribution is -2.48. The van der Waals surface area contributed by atoms with Crippen molar-refractivity contribution in [3.05, 3.63) is 35.7 Å². The Labute approximate surface area is 117 Å². The van der Waals surface area contributed by atoms with Crippen LogP contribution in [0.25, 0.3) is 6.08 Å². The molecule has 1 aliphatic rings. The van der Waals surface area contributed by atoms with Gasteiger partial charge in [-0.15, -0.1) is 0 Å². The average Bonchev–Trinajstić information content (AvgIpc) is 3.17. The standard InChI is InChI=1S/C13H11F3N2O3/c14-13(15,16)12(5-6-12)18-11(21)9-3-1-8(7-17-9)2-4-10(19)20/h1-4,7H,5-6H2,(H,18,21)(H,19,20)/b4-2+. The number of aliphatic carboxylic acids is 1. The number of aromatic nitrogens is 1. The third-order valence-electron chi connectivity index (χ3n) is 3.08. The van der Waals surface area contributed by atoms with E-state index >= 15 is 0 Å². The van der Waals surface area contributed by atoms with Crippen LogP contribution in [0, 0.1) is 0 Å². The smallest absolute Gasteiger partial charge is 0.411 e. The molecule has 1 aliphatic carbocycles. The van der Waals surface area contributed by atoms with Crippen molar-refractivity contribution in [3.8, 4) is 0 Å². The lowest BCUT2D eigenvalue weighted by molar-refractivity contribution is -0.163. The minimum atomic E-state index is -4.48. The molecule has 0 aromatic carbocycles. The summed E-state index contributed by atoms with van der Waals surface area (Å²) in [7, 11) is 0. The van der Waals surface area contributed by atoms with E-state index in [4.69, 9.17) is 5.11 Å². The molecule has 0 bridgehead atoms. The van der Waals surface area contributed by atoms with Crippen molar-refractivity contribution in [1.29, 1.82) is 0 Å². The van der Waals surface area contributed by atoms with Crippen LogP contribution in [0.3, 0.4) is 0 Å². The number of amides is 1. The maximum Gasteiger partial charge on any atom is 0.411 e. The Balaban J connectivity index is 2.06. The van der Waals surface area contributed by atoms with Crippen LogP contribution < -0.4 is 5.32 Å². The Morgan fingerprint density at radius 3 is 2.43 bits per heavy atom. The molecule has 1 aromatic rings. The Bertz CT molecular complexity index is 590. The summed E-state index contributed by atoms with van der Waals surface area (Å²) < 4.78 is 38.1. The van der Waals surface area contributed by atoms with E-state index in [-0.39, 0.29) is 18.5 Å². The maximum absolute atomic E-state index is 12.7. The van der Waals surface area contributed by atoms with Crippen molar-refractivity contribution >= 4 is 18.0 Å². The monoisotopic (exact) mass is 300 g/mol. The number of pyridine rings is 1. The summed E-state index contributed by atoms with van der Waals surface area (Å²) in [5.41, 5.74) is -1.86. The first-order valence-electron chi connectivity index (χ1n) is 6.00. The molecule has 0 aliphatic heterocycles. The number of carbonyl (C=O) groups excluding carboxylic acids is 1. The van der Waals surface area contributed by atoms with Crippen molar-refractivity contribution in [3.63, 3.8) is 0 Å². The Hall–Kier alpha value is -2.38. The molecule has 0 atom stereocenters. The van der Waals surface area contributed by atoms with Gasteiger partial charge in [0.25, 0.3) is 5.91 Å². The van der Waals surface area contributed by atoms with Crippen LogP contribution in [0.2, 0.25) is 0 Å². The fourth-order valence-electron chi connectivity index (χ4n) is 1.69. The lowest BCUT2D eigenvalue weighted by atomic mass is 10.2. The lowest BCUT2D eigenvalue weighted by Gasteiger charge is -2.20. The summed E-state index contributed by atoms with van der Waals surface area (Å²) in [4.78, 5) is 25.8. The second kappa shape index (κ2) is 5.19. The van der Waals surface area contributed by atoms with Crippen LogP contribution in [0.4, 0.5) is 13.2 Å². The number of alkyl halides is 3. The number of carboxylic acids is 1. The number of rotatable bonds is 4. The first-order chi connectivity index (χ1) is 9.73. The van der Waals surface area contributed by atoms with Crippen LogP contribution in [0.1, 0.15) is 28.9 Å². The topological polar surface area (TPSA) is 79.3 Å². The second-order valence-electron chi connectivity index (χ2n) is 4.68. The minimum Gasteiger partial charge on any atom is -0.478 e. The molecule has 2 rings (SSSR count). The largest absolute Gasteiger partial charge is 0.478 e. The van der Waals surface area contributed by atoms with E-state index in [0.717, 1.165) is 6.08 Å². The second-order valence-corrected chi connectivity index (χ2v) is 4.68. The minimum absolute atomic E-state index is 0.137. The van der Waals surface area contributed by atoms with Gasteiger partial charge in [0, 0.05) is 12.3 Å². The zero-order valence-electron chi connectivity index (χ0n) is 10.6. The van der Waals surface area contributed by atoms with Crippen LogP contribution >= 0.6 is 0 Å². The van der Waals surface area contributed by atoms with E-state index in [1.54, 1.807) is 0 Å². The van der Waals surface area contributed by atoms with Crippen LogP contribution in [-0.2, 0) is 4.79 Å². The summed E-state index contributed by atoms with van der Waals surface area (Å²) in [6, 6.07) is 2.64. The number of halogens is 3. The van der Waals surface area contributed by atoms with Crippen molar-refractivity contribution in [2.24, 2.45) is 0 Å². The van der Waals surface area contributed by atoms with Gasteiger partial charge in [-0.05, 0) is 30.5 Å². The van der Waals surface area contributed by atoms with E-state index in [9.17, 15) is 22.8 Å². The van der Waals surface area contributed by atoms with Gasteiger partial charge in [-0.2, -0.15) is 13.2 Å². The van der Waals surface area contributed by atoms with Crippen molar-refractivity contribution in [1.82, 2.24) is 10.3 Å². The first kappa shape index (κ1) is 15.0. The quantitative estimate of drug-likeness (QED) is 0.834. The Morgan fingerprint density at radius 2 is 2.00 bits per heavy atom. The molecule has 0 saturated heterocycles. The zero-order chi connectivity index (χ0) is 15.7. The molecule has 1 saturated carbocycles. The van der Waals surface area contributed by atoms with E-state index < -0.39 is 23.6 Å². The predicted molar refractivity (Wildman–Crippen MR) is 66.4 cm³/mol. The third-order valence-corrected chi connectivity index (χ3v) is 3.08. The van der Waals surface area contributed by atoms with Gasteiger partial charge in [0.15, 0.2) is 0 Å². The third kappa shape index (κ3) is 3.39. The van der Waals surface area contributed by atoms with E-state index in [1.165, 1.54) is 24.4 Å². The van der Waals surface area contributed by atoms with Crippen molar-refractivity contribution in [2.75, 3.05) is 0 Å². The summed E-state index contributed by atoms with van der Waals surface area (Å²) >= 11 is 0. The number of hydrogen-bond acceptors (Lipinski definition) is 3. The van der Waals surface area contributed by atoms with Gasteiger partial charge in [0.1, 0.15) is 11.2 Å². The Kier molecular flexibility index (Phi) is 3.71. The average molecular weight is 300 g/mol. The molecule has 21 heavy (non-hydrogen) atoms. The summed E-state index contributed by atoms with van der Waals surface area (Å²) in [5, 5.41) is 10.4. The maximum atomic E-state index is 12.7. The van der Waals surface area contributed by atoms with Crippen molar-refractivity contribution < 1.29 is 27.9 Å². The number of nitrogens with one attached hydrogen (secondary N) is 1. The molecular weight excluding hydrogens is 289 g/mol. The van der Waals surface area contributed by atoms with Crippen LogP contribution in [-0.4, -0.2) is 33.7 Å². The van der Waals surface area contributed by atoms with Gasteiger partial charge in [-0.3, -0.25) is 9.78 Å². The molecule has 112 valence electrons. The SMILES string of the molecule is O=C(O)/C=C/c1ccc(C(=O)NC2(C(F)(F)F)CC2)nc1. The molecule has 0 spiro atoms. The molecule has 0 unspecified atom stereocenters. The molecule has 1 amide bonds. The number of carboxylic acid groups (broad SMARTS) is 1. The molecule has 1 heterocycles. The highest BCUT2D eigenvalue weighted by atomic mass is 19.4. The summed E-state index contributed by atoms with van der Waals surface area (Å²) in [6.07, 6.45) is -1.40. The number of hydrogen-bond donors (Lipinski definition) is 2. The zero-order valence-corrected chi connectivity index (χ0v) is 10.6. The molecule has 8 heteroatoms.